The van der Waals surface area contributed by atoms with Gasteiger partial charge in [-0.1, -0.05) is 0 Å². The fourth-order valence-corrected chi connectivity index (χ4v) is 1.77. The summed E-state index contributed by atoms with van der Waals surface area (Å²) in [6.45, 7) is 3.31. The molecule has 0 radical (unpaired) electrons. The number of carbonyl (C=O) groups is 1. The second-order valence-corrected chi connectivity index (χ2v) is 4.82. The quantitative estimate of drug-likeness (QED) is 0.722. The summed E-state index contributed by atoms with van der Waals surface area (Å²) in [5, 5.41) is 5.77. The first kappa shape index (κ1) is 16.9. The lowest BCUT2D eigenvalue weighted by molar-refractivity contribution is -0.115. The van der Waals surface area contributed by atoms with Crippen molar-refractivity contribution in [2.45, 2.75) is 6.92 Å². The highest BCUT2D eigenvalue weighted by Crippen LogP contribution is 2.20. The lowest BCUT2D eigenvalue weighted by atomic mass is 10.3. The van der Waals surface area contributed by atoms with Gasteiger partial charge in [-0.05, 0) is 37.3 Å². The van der Waals surface area contributed by atoms with Gasteiger partial charge in [-0.15, -0.1) is 0 Å². The van der Waals surface area contributed by atoms with Crippen molar-refractivity contribution in [3.05, 3.63) is 42.2 Å². The maximum atomic E-state index is 11.7. The van der Waals surface area contributed by atoms with Gasteiger partial charge in [0.25, 0.3) is 0 Å². The minimum absolute atomic E-state index is 0.114. The highest BCUT2D eigenvalue weighted by molar-refractivity contribution is 5.92. The summed E-state index contributed by atoms with van der Waals surface area (Å²) >= 11 is 0. The molecule has 0 atom stereocenters. The molecular formula is C16H20N4O3. The van der Waals surface area contributed by atoms with Crippen LogP contribution in [0.4, 0.5) is 5.69 Å². The number of nitrogens with zero attached hydrogens (tertiary/aromatic N) is 2. The van der Waals surface area contributed by atoms with Crippen LogP contribution in [-0.4, -0.2) is 42.7 Å². The number of anilines is 1. The number of hydrogen-bond acceptors (Lipinski definition) is 6. The van der Waals surface area contributed by atoms with E-state index in [1.54, 1.807) is 43.6 Å². The van der Waals surface area contributed by atoms with Crippen LogP contribution in [0.2, 0.25) is 0 Å². The minimum Gasteiger partial charge on any atom is -0.424 e. The molecule has 1 heterocycles. The van der Waals surface area contributed by atoms with Crippen LogP contribution in [0.3, 0.4) is 0 Å². The SMILES string of the molecule is COCCNCC(=O)Nc1ccc(Oc2nccc(C)n2)cc1. The second kappa shape index (κ2) is 8.82. The van der Waals surface area contributed by atoms with E-state index in [0.29, 0.717) is 30.6 Å². The Morgan fingerprint density at radius 1 is 1.22 bits per heavy atom. The van der Waals surface area contributed by atoms with Gasteiger partial charge in [-0.3, -0.25) is 4.79 Å². The molecule has 1 aromatic heterocycles. The van der Waals surface area contributed by atoms with Gasteiger partial charge in [0.1, 0.15) is 5.75 Å². The molecule has 2 aromatic rings. The van der Waals surface area contributed by atoms with Gasteiger partial charge in [0.05, 0.1) is 13.2 Å². The van der Waals surface area contributed by atoms with Gasteiger partial charge < -0.3 is 20.1 Å². The van der Waals surface area contributed by atoms with Crippen molar-refractivity contribution in [2.24, 2.45) is 0 Å². The van der Waals surface area contributed by atoms with E-state index in [2.05, 4.69) is 20.6 Å². The lowest BCUT2D eigenvalue weighted by Gasteiger charge is -2.08. The number of rotatable bonds is 8. The smallest absolute Gasteiger partial charge is 0.322 e. The first-order valence-corrected chi connectivity index (χ1v) is 7.24. The van der Waals surface area contributed by atoms with E-state index in [1.807, 2.05) is 6.92 Å². The van der Waals surface area contributed by atoms with E-state index < -0.39 is 0 Å². The number of benzene rings is 1. The Kier molecular flexibility index (Phi) is 6.46. The number of aryl methyl sites for hydroxylation is 1. The van der Waals surface area contributed by atoms with Crippen LogP contribution in [-0.2, 0) is 9.53 Å². The van der Waals surface area contributed by atoms with Crippen molar-refractivity contribution in [2.75, 3.05) is 32.1 Å². The molecule has 0 fully saturated rings. The molecule has 1 amide bonds. The van der Waals surface area contributed by atoms with E-state index >= 15 is 0 Å². The van der Waals surface area contributed by atoms with Gasteiger partial charge in [-0.25, -0.2) is 9.97 Å². The average Bonchev–Trinajstić information content (AvgIpc) is 2.54. The molecule has 0 aliphatic heterocycles. The Morgan fingerprint density at radius 3 is 2.70 bits per heavy atom. The average molecular weight is 316 g/mol. The number of carbonyl (C=O) groups excluding carboxylic acids is 1. The summed E-state index contributed by atoms with van der Waals surface area (Å²) in [7, 11) is 1.62. The van der Waals surface area contributed by atoms with E-state index in [9.17, 15) is 4.79 Å². The Bertz CT molecular complexity index is 631. The highest BCUT2D eigenvalue weighted by atomic mass is 16.5. The molecule has 7 nitrogen and oxygen atoms in total. The van der Waals surface area contributed by atoms with Crippen LogP contribution in [0.5, 0.6) is 11.8 Å². The number of aromatic nitrogens is 2. The minimum atomic E-state index is -0.114. The van der Waals surface area contributed by atoms with Gasteiger partial charge in [0, 0.05) is 31.2 Å². The Balaban J connectivity index is 1.83. The van der Waals surface area contributed by atoms with Crippen LogP contribution >= 0.6 is 0 Å². The molecule has 23 heavy (non-hydrogen) atoms. The zero-order valence-electron chi connectivity index (χ0n) is 13.2. The summed E-state index contributed by atoms with van der Waals surface area (Å²) in [6, 6.07) is 9.12. The van der Waals surface area contributed by atoms with Crippen molar-refractivity contribution >= 4 is 11.6 Å². The van der Waals surface area contributed by atoms with Crippen molar-refractivity contribution < 1.29 is 14.3 Å². The maximum Gasteiger partial charge on any atom is 0.322 e. The van der Waals surface area contributed by atoms with Crippen LogP contribution in [0, 0.1) is 6.92 Å². The third-order valence-electron chi connectivity index (χ3n) is 2.89. The molecule has 0 aliphatic carbocycles. The standard InChI is InChI=1S/C16H20N4O3/c1-12-7-8-18-16(19-12)23-14-5-3-13(4-6-14)20-15(21)11-17-9-10-22-2/h3-8,17H,9-11H2,1-2H3,(H,20,21). The molecule has 0 saturated heterocycles. The zero-order valence-corrected chi connectivity index (χ0v) is 13.2. The first-order valence-electron chi connectivity index (χ1n) is 7.24. The molecule has 0 spiro atoms. The molecular weight excluding hydrogens is 296 g/mol. The molecule has 1 aromatic carbocycles. The van der Waals surface area contributed by atoms with E-state index in [0.717, 1.165) is 5.69 Å². The monoisotopic (exact) mass is 316 g/mol. The Hall–Kier alpha value is -2.51. The number of methoxy groups -OCH3 is 1. The summed E-state index contributed by atoms with van der Waals surface area (Å²) in [5.74, 6) is 0.489. The summed E-state index contributed by atoms with van der Waals surface area (Å²) < 4.78 is 10.4. The number of ether oxygens (including phenoxy) is 2. The number of amides is 1. The van der Waals surface area contributed by atoms with Crippen LogP contribution < -0.4 is 15.4 Å². The summed E-state index contributed by atoms with van der Waals surface area (Å²) in [6.07, 6.45) is 1.64. The Labute approximate surface area is 135 Å². The molecule has 0 bridgehead atoms. The van der Waals surface area contributed by atoms with Crippen molar-refractivity contribution in [1.29, 1.82) is 0 Å². The normalized spacial score (nSPS) is 10.3. The molecule has 7 heteroatoms. The van der Waals surface area contributed by atoms with Gasteiger partial charge in [-0.2, -0.15) is 0 Å². The first-order chi connectivity index (χ1) is 11.2. The molecule has 0 unspecified atom stereocenters. The molecule has 122 valence electrons. The fraction of sp³-hybridized carbons (Fsp3) is 0.312. The van der Waals surface area contributed by atoms with Gasteiger partial charge >= 0.3 is 6.01 Å². The molecule has 2 rings (SSSR count). The van der Waals surface area contributed by atoms with Gasteiger partial charge in [0.2, 0.25) is 5.91 Å². The molecule has 2 N–H and O–H groups in total. The highest BCUT2D eigenvalue weighted by Gasteiger charge is 2.04. The van der Waals surface area contributed by atoms with Crippen LogP contribution in [0.15, 0.2) is 36.5 Å². The largest absolute Gasteiger partial charge is 0.424 e. The van der Waals surface area contributed by atoms with Gasteiger partial charge in [0.15, 0.2) is 0 Å². The summed E-state index contributed by atoms with van der Waals surface area (Å²) in [5.41, 5.74) is 1.53. The predicted molar refractivity (Wildman–Crippen MR) is 86.7 cm³/mol. The molecule has 0 saturated carbocycles. The molecule has 0 aliphatic rings. The third-order valence-corrected chi connectivity index (χ3v) is 2.89. The predicted octanol–water partition coefficient (Wildman–Crippen LogP) is 1.75. The van der Waals surface area contributed by atoms with Crippen molar-refractivity contribution in [3.63, 3.8) is 0 Å². The van der Waals surface area contributed by atoms with Crippen LogP contribution in [0.25, 0.3) is 0 Å². The summed E-state index contributed by atoms with van der Waals surface area (Å²) in [4.78, 5) is 19.9. The lowest BCUT2D eigenvalue weighted by Crippen LogP contribution is -2.30. The van der Waals surface area contributed by atoms with E-state index in [-0.39, 0.29) is 12.5 Å². The topological polar surface area (TPSA) is 85.4 Å². The number of hydrogen-bond donors (Lipinski definition) is 2. The van der Waals surface area contributed by atoms with E-state index in [1.165, 1.54) is 0 Å². The fourth-order valence-electron chi connectivity index (χ4n) is 1.77. The number of nitrogens with one attached hydrogen (secondary N) is 2. The van der Waals surface area contributed by atoms with Crippen molar-refractivity contribution in [1.82, 2.24) is 15.3 Å². The van der Waals surface area contributed by atoms with Crippen molar-refractivity contribution in [3.8, 4) is 11.8 Å². The zero-order chi connectivity index (χ0) is 16.5. The second-order valence-electron chi connectivity index (χ2n) is 4.82. The van der Waals surface area contributed by atoms with E-state index in [4.69, 9.17) is 9.47 Å². The maximum absolute atomic E-state index is 11.7. The third kappa shape index (κ3) is 6.01. The van der Waals surface area contributed by atoms with Crippen LogP contribution in [0.1, 0.15) is 5.69 Å². The Morgan fingerprint density at radius 2 is 2.00 bits per heavy atom.